The van der Waals surface area contributed by atoms with Gasteiger partial charge in [-0.2, -0.15) is 0 Å². The van der Waals surface area contributed by atoms with Crippen molar-refractivity contribution in [1.82, 2.24) is 9.97 Å². The van der Waals surface area contributed by atoms with E-state index in [1.165, 1.54) is 6.20 Å². The molecule has 0 amide bonds. The van der Waals surface area contributed by atoms with Gasteiger partial charge in [-0.15, -0.1) is 0 Å². The van der Waals surface area contributed by atoms with Crippen molar-refractivity contribution in [2.75, 3.05) is 7.11 Å². The third-order valence-electron chi connectivity index (χ3n) is 1.95. The fourth-order valence-electron chi connectivity index (χ4n) is 1.29. The summed E-state index contributed by atoms with van der Waals surface area (Å²) in [4.78, 5) is 17.3. The van der Waals surface area contributed by atoms with Crippen molar-refractivity contribution in [3.63, 3.8) is 0 Å². The normalized spacial score (nSPS) is 13.1. The predicted molar refractivity (Wildman–Crippen MR) is 50.1 cm³/mol. The molecule has 5 nitrogen and oxygen atoms in total. The Kier molecular flexibility index (Phi) is 3.24. The van der Waals surface area contributed by atoms with Crippen molar-refractivity contribution >= 4 is 5.97 Å². The van der Waals surface area contributed by atoms with Crippen LogP contribution in [0.25, 0.3) is 0 Å². The number of nitrogens with zero attached hydrogens (tertiary/aromatic N) is 1. The van der Waals surface area contributed by atoms with Gasteiger partial charge in [-0.3, -0.25) is 0 Å². The van der Waals surface area contributed by atoms with Gasteiger partial charge in [0.15, 0.2) is 0 Å². The Morgan fingerprint density at radius 2 is 2.29 bits per heavy atom. The summed E-state index contributed by atoms with van der Waals surface area (Å²) in [5.41, 5.74) is 0.0858. The number of carbonyl (C=O) groups is 1. The second kappa shape index (κ2) is 4.23. The van der Waals surface area contributed by atoms with Crippen LogP contribution in [0.2, 0.25) is 0 Å². The van der Waals surface area contributed by atoms with Crippen LogP contribution in [0.5, 0.6) is 0 Å². The first kappa shape index (κ1) is 10.7. The van der Waals surface area contributed by atoms with Crippen molar-refractivity contribution in [2.45, 2.75) is 20.0 Å². The molecule has 0 aromatic carbocycles. The Bertz CT molecular complexity index is 320. The second-order valence-electron chi connectivity index (χ2n) is 3.39. The molecule has 1 heterocycles. The van der Waals surface area contributed by atoms with Crippen molar-refractivity contribution in [3.8, 4) is 0 Å². The maximum atomic E-state index is 10.6. The summed E-state index contributed by atoms with van der Waals surface area (Å²) in [6.45, 7) is 3.97. The highest BCUT2D eigenvalue weighted by molar-refractivity contribution is 5.85. The van der Waals surface area contributed by atoms with Crippen molar-refractivity contribution < 1.29 is 14.6 Å². The van der Waals surface area contributed by atoms with Gasteiger partial charge in [0, 0.05) is 7.11 Å². The van der Waals surface area contributed by atoms with Crippen molar-refractivity contribution in [3.05, 3.63) is 17.7 Å². The molecule has 0 spiro atoms. The fraction of sp³-hybridized carbons (Fsp3) is 0.556. The van der Waals surface area contributed by atoms with Crippen LogP contribution in [-0.4, -0.2) is 28.2 Å². The summed E-state index contributed by atoms with van der Waals surface area (Å²) in [6, 6.07) is 0. The summed E-state index contributed by atoms with van der Waals surface area (Å²) in [5.74, 6) is -0.213. The molecule has 0 saturated carbocycles. The van der Waals surface area contributed by atoms with E-state index in [9.17, 15) is 4.79 Å². The van der Waals surface area contributed by atoms with Crippen molar-refractivity contribution in [2.24, 2.45) is 5.92 Å². The molecule has 1 aromatic rings. The van der Waals surface area contributed by atoms with E-state index in [1.807, 2.05) is 13.8 Å². The van der Waals surface area contributed by atoms with Crippen LogP contribution in [-0.2, 0) is 4.74 Å². The first-order valence-corrected chi connectivity index (χ1v) is 4.37. The van der Waals surface area contributed by atoms with Gasteiger partial charge in [0.05, 0.1) is 6.20 Å². The van der Waals surface area contributed by atoms with E-state index in [-0.39, 0.29) is 17.7 Å². The molecule has 0 radical (unpaired) electrons. The van der Waals surface area contributed by atoms with Gasteiger partial charge < -0.3 is 14.8 Å². The van der Waals surface area contributed by atoms with Crippen molar-refractivity contribution in [1.29, 1.82) is 0 Å². The summed E-state index contributed by atoms with van der Waals surface area (Å²) >= 11 is 0. The van der Waals surface area contributed by atoms with Crippen LogP contribution in [0.1, 0.15) is 36.3 Å². The quantitative estimate of drug-likeness (QED) is 0.767. The number of carboxylic acids is 1. The lowest BCUT2D eigenvalue weighted by atomic mass is 10.1. The SMILES string of the molecule is COC(c1ncc(C(=O)O)[nH]1)C(C)C. The lowest BCUT2D eigenvalue weighted by molar-refractivity contribution is 0.0575. The number of imidazole rings is 1. The van der Waals surface area contributed by atoms with Gasteiger partial charge in [0.2, 0.25) is 0 Å². The maximum Gasteiger partial charge on any atom is 0.353 e. The standard InChI is InChI=1S/C9H14N2O3/c1-5(2)7(14-3)8-10-4-6(11-8)9(12)13/h4-5,7H,1-3H3,(H,10,11)(H,12,13). The molecule has 0 aliphatic rings. The molecule has 14 heavy (non-hydrogen) atoms. The summed E-state index contributed by atoms with van der Waals surface area (Å²) in [6.07, 6.45) is 1.11. The minimum atomic E-state index is -1.01. The molecule has 0 aliphatic carbocycles. The van der Waals surface area contributed by atoms with Crippen LogP contribution < -0.4 is 0 Å². The van der Waals surface area contributed by atoms with Crippen LogP contribution in [0, 0.1) is 5.92 Å². The van der Waals surface area contributed by atoms with E-state index in [1.54, 1.807) is 7.11 Å². The van der Waals surface area contributed by atoms with Crippen LogP contribution >= 0.6 is 0 Å². The summed E-state index contributed by atoms with van der Waals surface area (Å²) < 4.78 is 5.20. The highest BCUT2D eigenvalue weighted by Gasteiger charge is 2.19. The first-order chi connectivity index (χ1) is 6.56. The maximum absolute atomic E-state index is 10.6. The predicted octanol–water partition coefficient (Wildman–Crippen LogP) is 1.45. The Morgan fingerprint density at radius 1 is 1.64 bits per heavy atom. The number of aromatic nitrogens is 2. The molecule has 5 heteroatoms. The molecular weight excluding hydrogens is 184 g/mol. The Morgan fingerprint density at radius 3 is 2.64 bits per heavy atom. The monoisotopic (exact) mass is 198 g/mol. The topological polar surface area (TPSA) is 75.2 Å². The van der Waals surface area contributed by atoms with Gasteiger partial charge in [0.1, 0.15) is 17.6 Å². The van der Waals surface area contributed by atoms with E-state index in [0.717, 1.165) is 0 Å². The molecule has 1 rings (SSSR count). The average molecular weight is 198 g/mol. The molecule has 78 valence electrons. The summed E-state index contributed by atoms with van der Waals surface area (Å²) in [7, 11) is 1.58. The van der Waals surface area contributed by atoms with E-state index < -0.39 is 5.97 Å². The molecular formula is C9H14N2O3. The van der Waals surface area contributed by atoms with Gasteiger partial charge in [0.25, 0.3) is 0 Å². The smallest absolute Gasteiger partial charge is 0.353 e. The van der Waals surface area contributed by atoms with E-state index in [4.69, 9.17) is 9.84 Å². The van der Waals surface area contributed by atoms with E-state index in [0.29, 0.717) is 5.82 Å². The number of H-pyrrole nitrogens is 1. The molecule has 0 saturated heterocycles. The van der Waals surface area contributed by atoms with Gasteiger partial charge >= 0.3 is 5.97 Å². The van der Waals surface area contributed by atoms with Gasteiger partial charge in [-0.1, -0.05) is 13.8 Å². The second-order valence-corrected chi connectivity index (χ2v) is 3.39. The summed E-state index contributed by atoms with van der Waals surface area (Å²) in [5, 5.41) is 8.68. The molecule has 1 aromatic heterocycles. The van der Waals surface area contributed by atoms with Gasteiger partial charge in [-0.05, 0) is 5.92 Å². The number of hydrogen-bond donors (Lipinski definition) is 2. The first-order valence-electron chi connectivity index (χ1n) is 4.37. The minimum Gasteiger partial charge on any atom is -0.477 e. The Balaban J connectivity index is 2.89. The number of ether oxygens (including phenoxy) is 1. The van der Waals surface area contributed by atoms with E-state index >= 15 is 0 Å². The lowest BCUT2D eigenvalue weighted by Gasteiger charge is -2.16. The molecule has 1 atom stereocenters. The third kappa shape index (κ3) is 2.11. The van der Waals surface area contributed by atoms with Crippen LogP contribution in [0.15, 0.2) is 6.20 Å². The van der Waals surface area contributed by atoms with Crippen LogP contribution in [0.4, 0.5) is 0 Å². The molecule has 1 unspecified atom stereocenters. The zero-order valence-electron chi connectivity index (χ0n) is 8.44. The molecule has 0 bridgehead atoms. The fourth-order valence-corrected chi connectivity index (χ4v) is 1.29. The molecule has 0 aliphatic heterocycles. The van der Waals surface area contributed by atoms with Gasteiger partial charge in [-0.25, -0.2) is 9.78 Å². The minimum absolute atomic E-state index is 0.0858. The largest absolute Gasteiger partial charge is 0.477 e. The van der Waals surface area contributed by atoms with Crippen LogP contribution in [0.3, 0.4) is 0 Å². The number of methoxy groups -OCH3 is 1. The number of nitrogens with one attached hydrogen (secondary N) is 1. The zero-order chi connectivity index (χ0) is 10.7. The highest BCUT2D eigenvalue weighted by atomic mass is 16.5. The molecule has 0 fully saturated rings. The Labute approximate surface area is 82.1 Å². The van der Waals surface area contributed by atoms with E-state index in [2.05, 4.69) is 9.97 Å². The number of carboxylic acid groups (broad SMARTS) is 1. The number of hydrogen-bond acceptors (Lipinski definition) is 3. The lowest BCUT2D eigenvalue weighted by Crippen LogP contribution is -2.11. The Hall–Kier alpha value is -1.36. The zero-order valence-corrected chi connectivity index (χ0v) is 8.44. The third-order valence-corrected chi connectivity index (χ3v) is 1.95. The number of rotatable bonds is 4. The number of aromatic carboxylic acids is 1. The highest BCUT2D eigenvalue weighted by Crippen LogP contribution is 2.21. The molecule has 2 N–H and O–H groups in total. The average Bonchev–Trinajstić information content (AvgIpc) is 2.53. The number of aromatic amines is 1.